The molecule has 1 heterocycles. The molecule has 0 saturated carbocycles. The van der Waals surface area contributed by atoms with Crippen LogP contribution in [0.1, 0.15) is 25.3 Å². The second kappa shape index (κ2) is 7.40. The molecule has 1 fully saturated rings. The lowest BCUT2D eigenvalue weighted by Crippen LogP contribution is -2.47. The van der Waals surface area contributed by atoms with Crippen molar-refractivity contribution in [1.29, 1.82) is 0 Å². The van der Waals surface area contributed by atoms with Gasteiger partial charge in [0.1, 0.15) is 0 Å². The lowest BCUT2D eigenvalue weighted by atomic mass is 9.96. The molecule has 1 unspecified atom stereocenters. The molecular formula is C17H24N2O3. The molecule has 22 heavy (non-hydrogen) atoms. The number of ether oxygens (including phenoxy) is 1. The SMILES string of the molecule is COC(=O)C1CCN(C(C)C(=O)Nc2ccccc2C)CC1. The summed E-state index contributed by atoms with van der Waals surface area (Å²) in [5, 5.41) is 2.98. The van der Waals surface area contributed by atoms with Crippen molar-refractivity contribution in [3.8, 4) is 0 Å². The van der Waals surface area contributed by atoms with Gasteiger partial charge in [-0.05, 0) is 51.4 Å². The van der Waals surface area contributed by atoms with Crippen molar-refractivity contribution in [2.24, 2.45) is 5.92 Å². The van der Waals surface area contributed by atoms with E-state index < -0.39 is 0 Å². The minimum atomic E-state index is -0.210. The Morgan fingerprint density at radius 1 is 1.27 bits per heavy atom. The Labute approximate surface area is 131 Å². The molecule has 1 atom stereocenters. The summed E-state index contributed by atoms with van der Waals surface area (Å²) in [7, 11) is 1.42. The molecule has 0 aliphatic carbocycles. The number of nitrogens with one attached hydrogen (secondary N) is 1. The van der Waals surface area contributed by atoms with Gasteiger partial charge in [-0.2, -0.15) is 0 Å². The molecule has 5 heteroatoms. The lowest BCUT2D eigenvalue weighted by molar-refractivity contribution is -0.147. The molecule has 0 radical (unpaired) electrons. The van der Waals surface area contributed by atoms with E-state index in [9.17, 15) is 9.59 Å². The summed E-state index contributed by atoms with van der Waals surface area (Å²) in [5.41, 5.74) is 1.90. The maximum absolute atomic E-state index is 12.4. The zero-order valence-corrected chi connectivity index (χ0v) is 13.5. The Morgan fingerprint density at radius 2 is 1.91 bits per heavy atom. The number of rotatable bonds is 4. The highest BCUT2D eigenvalue weighted by molar-refractivity contribution is 5.95. The average Bonchev–Trinajstić information content (AvgIpc) is 2.55. The molecule has 1 amide bonds. The number of carbonyl (C=O) groups is 2. The van der Waals surface area contributed by atoms with Gasteiger partial charge in [0.15, 0.2) is 0 Å². The number of hydrogen-bond acceptors (Lipinski definition) is 4. The maximum atomic E-state index is 12.4. The van der Waals surface area contributed by atoms with Crippen LogP contribution in [0.5, 0.6) is 0 Å². The van der Waals surface area contributed by atoms with Crippen LogP contribution in [0.2, 0.25) is 0 Å². The van der Waals surface area contributed by atoms with Crippen LogP contribution in [-0.4, -0.2) is 43.0 Å². The first-order valence-corrected chi connectivity index (χ1v) is 7.71. The molecule has 1 aromatic carbocycles. The summed E-state index contributed by atoms with van der Waals surface area (Å²) in [4.78, 5) is 26.0. The molecule has 120 valence electrons. The fraction of sp³-hybridized carbons (Fsp3) is 0.529. The minimum absolute atomic E-state index is 0.00850. The van der Waals surface area contributed by atoms with Crippen LogP contribution < -0.4 is 5.32 Å². The van der Waals surface area contributed by atoms with Crippen LogP contribution in [0.3, 0.4) is 0 Å². The fourth-order valence-electron chi connectivity index (χ4n) is 2.81. The van der Waals surface area contributed by atoms with E-state index >= 15 is 0 Å². The van der Waals surface area contributed by atoms with E-state index in [0.717, 1.165) is 37.2 Å². The van der Waals surface area contributed by atoms with Crippen LogP contribution in [0.15, 0.2) is 24.3 Å². The van der Waals surface area contributed by atoms with Gasteiger partial charge in [-0.3, -0.25) is 14.5 Å². The Morgan fingerprint density at radius 3 is 2.50 bits per heavy atom. The first-order chi connectivity index (χ1) is 10.5. The number of amides is 1. The molecule has 0 spiro atoms. The third-order valence-electron chi connectivity index (χ3n) is 4.39. The number of nitrogens with zero attached hydrogens (tertiary/aromatic N) is 1. The number of aryl methyl sites for hydroxylation is 1. The number of methoxy groups -OCH3 is 1. The Hall–Kier alpha value is -1.88. The van der Waals surface area contributed by atoms with Gasteiger partial charge in [0, 0.05) is 5.69 Å². The number of anilines is 1. The van der Waals surface area contributed by atoms with E-state index in [2.05, 4.69) is 10.2 Å². The molecule has 1 aliphatic heterocycles. The molecular weight excluding hydrogens is 280 g/mol. The summed E-state index contributed by atoms with van der Waals surface area (Å²) in [6.45, 7) is 5.36. The molecule has 0 bridgehead atoms. The normalized spacial score (nSPS) is 17.8. The summed E-state index contributed by atoms with van der Waals surface area (Å²) < 4.78 is 4.79. The van der Waals surface area contributed by atoms with E-state index in [0.29, 0.717) is 0 Å². The van der Waals surface area contributed by atoms with Crippen LogP contribution in [0, 0.1) is 12.8 Å². The van der Waals surface area contributed by atoms with Gasteiger partial charge in [-0.25, -0.2) is 0 Å². The fourth-order valence-corrected chi connectivity index (χ4v) is 2.81. The number of carbonyl (C=O) groups excluding carboxylic acids is 2. The number of benzene rings is 1. The highest BCUT2D eigenvalue weighted by Gasteiger charge is 2.30. The highest BCUT2D eigenvalue weighted by atomic mass is 16.5. The number of likely N-dealkylation sites (tertiary alicyclic amines) is 1. The Balaban J connectivity index is 1.89. The van der Waals surface area contributed by atoms with E-state index in [4.69, 9.17) is 4.74 Å². The van der Waals surface area contributed by atoms with Gasteiger partial charge in [0.2, 0.25) is 5.91 Å². The third-order valence-corrected chi connectivity index (χ3v) is 4.39. The van der Waals surface area contributed by atoms with Crippen molar-refractivity contribution in [1.82, 2.24) is 4.90 Å². The van der Waals surface area contributed by atoms with E-state index in [-0.39, 0.29) is 23.8 Å². The molecule has 1 saturated heterocycles. The van der Waals surface area contributed by atoms with Crippen LogP contribution in [0.4, 0.5) is 5.69 Å². The average molecular weight is 304 g/mol. The molecule has 2 rings (SSSR count). The minimum Gasteiger partial charge on any atom is -0.469 e. The van der Waals surface area contributed by atoms with Crippen molar-refractivity contribution in [2.75, 3.05) is 25.5 Å². The van der Waals surface area contributed by atoms with Crippen LogP contribution >= 0.6 is 0 Å². The quantitative estimate of drug-likeness (QED) is 0.867. The zero-order valence-electron chi connectivity index (χ0n) is 13.5. The van der Waals surface area contributed by atoms with Crippen LogP contribution in [-0.2, 0) is 14.3 Å². The van der Waals surface area contributed by atoms with Gasteiger partial charge in [0.05, 0.1) is 19.1 Å². The largest absolute Gasteiger partial charge is 0.469 e. The first kappa shape index (κ1) is 16.5. The first-order valence-electron chi connectivity index (χ1n) is 7.71. The molecule has 1 N–H and O–H groups in total. The number of piperidine rings is 1. The van der Waals surface area contributed by atoms with Gasteiger partial charge < -0.3 is 10.1 Å². The van der Waals surface area contributed by atoms with Gasteiger partial charge in [-0.15, -0.1) is 0 Å². The second-order valence-electron chi connectivity index (χ2n) is 5.81. The van der Waals surface area contributed by atoms with Crippen molar-refractivity contribution in [3.63, 3.8) is 0 Å². The molecule has 1 aromatic rings. The van der Waals surface area contributed by atoms with Gasteiger partial charge in [-0.1, -0.05) is 18.2 Å². The van der Waals surface area contributed by atoms with Gasteiger partial charge in [0.25, 0.3) is 0 Å². The second-order valence-corrected chi connectivity index (χ2v) is 5.81. The third kappa shape index (κ3) is 3.85. The van der Waals surface area contributed by atoms with E-state index in [1.54, 1.807) is 0 Å². The predicted molar refractivity (Wildman–Crippen MR) is 85.6 cm³/mol. The lowest BCUT2D eigenvalue weighted by Gasteiger charge is -2.34. The summed E-state index contributed by atoms with van der Waals surface area (Å²) in [6, 6.07) is 7.53. The molecule has 1 aliphatic rings. The standard InChI is InChI=1S/C17H24N2O3/c1-12-6-4-5-7-15(12)18-16(20)13(2)19-10-8-14(9-11-19)17(21)22-3/h4-7,13-14H,8-11H2,1-3H3,(H,18,20). The topological polar surface area (TPSA) is 58.6 Å². The van der Waals surface area contributed by atoms with Crippen LogP contribution in [0.25, 0.3) is 0 Å². The molecule has 0 aromatic heterocycles. The number of esters is 1. The van der Waals surface area contributed by atoms with Crippen molar-refractivity contribution in [2.45, 2.75) is 32.7 Å². The summed E-state index contributed by atoms with van der Waals surface area (Å²) in [5.74, 6) is -0.185. The smallest absolute Gasteiger partial charge is 0.308 e. The summed E-state index contributed by atoms with van der Waals surface area (Å²) >= 11 is 0. The number of hydrogen-bond donors (Lipinski definition) is 1. The summed E-state index contributed by atoms with van der Waals surface area (Å²) in [6.07, 6.45) is 1.49. The number of para-hydroxylation sites is 1. The monoisotopic (exact) mass is 304 g/mol. The molecule has 5 nitrogen and oxygen atoms in total. The maximum Gasteiger partial charge on any atom is 0.308 e. The highest BCUT2D eigenvalue weighted by Crippen LogP contribution is 2.21. The van der Waals surface area contributed by atoms with Crippen molar-refractivity contribution in [3.05, 3.63) is 29.8 Å². The van der Waals surface area contributed by atoms with Crippen molar-refractivity contribution >= 4 is 17.6 Å². The van der Waals surface area contributed by atoms with Crippen molar-refractivity contribution < 1.29 is 14.3 Å². The van der Waals surface area contributed by atoms with E-state index in [1.165, 1.54) is 7.11 Å². The Bertz CT molecular complexity index is 536. The predicted octanol–water partition coefficient (Wildman–Crippen LogP) is 2.21. The van der Waals surface area contributed by atoms with Gasteiger partial charge >= 0.3 is 5.97 Å². The Kier molecular flexibility index (Phi) is 5.55. The van der Waals surface area contributed by atoms with E-state index in [1.807, 2.05) is 38.1 Å². The zero-order chi connectivity index (χ0) is 16.1.